The summed E-state index contributed by atoms with van der Waals surface area (Å²) in [6.07, 6.45) is 2.40. The summed E-state index contributed by atoms with van der Waals surface area (Å²) in [4.78, 5) is 12.3. The van der Waals surface area contributed by atoms with Gasteiger partial charge >= 0.3 is 0 Å². The average Bonchev–Trinajstić information content (AvgIpc) is 2.66. The first kappa shape index (κ1) is 20.0. The van der Waals surface area contributed by atoms with Crippen molar-refractivity contribution in [1.82, 2.24) is 5.32 Å². The van der Waals surface area contributed by atoms with Crippen LogP contribution in [0.4, 0.5) is 0 Å². The van der Waals surface area contributed by atoms with Crippen LogP contribution in [0.25, 0.3) is 0 Å². The van der Waals surface area contributed by atoms with E-state index in [-0.39, 0.29) is 5.91 Å². The average molecular weight is 354 g/mol. The van der Waals surface area contributed by atoms with Crippen molar-refractivity contribution in [1.29, 1.82) is 0 Å². The smallest absolute Gasteiger partial charge is 0.237 e. The molecule has 4 nitrogen and oxygen atoms in total. The summed E-state index contributed by atoms with van der Waals surface area (Å²) in [6.45, 7) is 7.37. The second-order valence-corrected chi connectivity index (χ2v) is 6.72. The van der Waals surface area contributed by atoms with Crippen LogP contribution in [0.2, 0.25) is 0 Å². The van der Waals surface area contributed by atoms with E-state index in [0.717, 1.165) is 29.7 Å². The van der Waals surface area contributed by atoms with Crippen LogP contribution in [0.5, 0.6) is 5.75 Å². The first-order valence-electron chi connectivity index (χ1n) is 9.31. The lowest BCUT2D eigenvalue weighted by molar-refractivity contribution is -0.122. The quantitative estimate of drug-likeness (QED) is 0.722. The SMILES string of the molecule is CCCOc1cc(C)c(C)c(CNC(=O)C(N)CCc2ccccc2)c1. The Bertz CT molecular complexity index is 714. The number of hydrogen-bond acceptors (Lipinski definition) is 3. The van der Waals surface area contributed by atoms with Crippen molar-refractivity contribution in [2.24, 2.45) is 5.73 Å². The summed E-state index contributed by atoms with van der Waals surface area (Å²) in [6, 6.07) is 13.6. The zero-order chi connectivity index (χ0) is 18.9. The number of rotatable bonds is 9. The fourth-order valence-corrected chi connectivity index (χ4v) is 2.79. The van der Waals surface area contributed by atoms with Crippen molar-refractivity contribution >= 4 is 5.91 Å². The minimum Gasteiger partial charge on any atom is -0.494 e. The van der Waals surface area contributed by atoms with Crippen molar-refractivity contribution in [2.45, 2.75) is 52.6 Å². The molecule has 140 valence electrons. The lowest BCUT2D eigenvalue weighted by Crippen LogP contribution is -2.40. The highest BCUT2D eigenvalue weighted by atomic mass is 16.5. The van der Waals surface area contributed by atoms with Crippen molar-refractivity contribution in [3.05, 3.63) is 64.7 Å². The third-order valence-electron chi connectivity index (χ3n) is 4.60. The molecule has 2 aromatic rings. The molecule has 26 heavy (non-hydrogen) atoms. The topological polar surface area (TPSA) is 64.3 Å². The molecule has 1 amide bonds. The van der Waals surface area contributed by atoms with Crippen LogP contribution in [-0.4, -0.2) is 18.6 Å². The molecular formula is C22H30N2O2. The van der Waals surface area contributed by atoms with Crippen LogP contribution in [0, 0.1) is 13.8 Å². The number of nitrogens with one attached hydrogen (secondary N) is 1. The lowest BCUT2D eigenvalue weighted by atomic mass is 10.0. The zero-order valence-electron chi connectivity index (χ0n) is 16.0. The van der Waals surface area contributed by atoms with E-state index in [0.29, 0.717) is 19.6 Å². The monoisotopic (exact) mass is 354 g/mol. The van der Waals surface area contributed by atoms with Gasteiger partial charge in [0, 0.05) is 6.54 Å². The van der Waals surface area contributed by atoms with Gasteiger partial charge in [-0.1, -0.05) is 37.3 Å². The number of ether oxygens (including phenoxy) is 1. The summed E-state index contributed by atoms with van der Waals surface area (Å²) in [7, 11) is 0. The molecule has 1 unspecified atom stereocenters. The highest BCUT2D eigenvalue weighted by Crippen LogP contribution is 2.22. The summed E-state index contributed by atoms with van der Waals surface area (Å²) in [5.41, 5.74) is 10.7. The van der Waals surface area contributed by atoms with Gasteiger partial charge in [-0.3, -0.25) is 4.79 Å². The van der Waals surface area contributed by atoms with Crippen molar-refractivity contribution in [3.63, 3.8) is 0 Å². The first-order valence-corrected chi connectivity index (χ1v) is 9.31. The van der Waals surface area contributed by atoms with E-state index in [1.807, 2.05) is 30.3 Å². The number of carbonyl (C=O) groups excluding carboxylic acids is 1. The molecule has 0 spiro atoms. The lowest BCUT2D eigenvalue weighted by Gasteiger charge is -2.16. The van der Waals surface area contributed by atoms with Crippen LogP contribution >= 0.6 is 0 Å². The molecule has 4 heteroatoms. The number of aryl methyl sites for hydroxylation is 2. The molecule has 2 rings (SSSR count). The standard InChI is InChI=1S/C22H30N2O2/c1-4-12-26-20-13-16(2)17(3)19(14-20)15-24-22(25)21(23)11-10-18-8-6-5-7-9-18/h5-9,13-14,21H,4,10-12,15,23H2,1-3H3,(H,24,25). The fourth-order valence-electron chi connectivity index (χ4n) is 2.79. The summed E-state index contributed by atoms with van der Waals surface area (Å²) >= 11 is 0. The first-order chi connectivity index (χ1) is 12.5. The Balaban J connectivity index is 1.90. The van der Waals surface area contributed by atoms with E-state index in [1.165, 1.54) is 11.1 Å². The molecular weight excluding hydrogens is 324 g/mol. The van der Waals surface area contributed by atoms with Gasteiger partial charge in [0.15, 0.2) is 0 Å². The molecule has 0 bridgehead atoms. The highest BCUT2D eigenvalue weighted by Gasteiger charge is 2.14. The van der Waals surface area contributed by atoms with Crippen molar-refractivity contribution in [3.8, 4) is 5.75 Å². The van der Waals surface area contributed by atoms with Crippen molar-refractivity contribution < 1.29 is 9.53 Å². The van der Waals surface area contributed by atoms with Gasteiger partial charge < -0.3 is 15.8 Å². The minimum absolute atomic E-state index is 0.113. The maximum Gasteiger partial charge on any atom is 0.237 e. The number of benzene rings is 2. The Hall–Kier alpha value is -2.33. The molecule has 3 N–H and O–H groups in total. The molecule has 0 saturated heterocycles. The molecule has 0 radical (unpaired) electrons. The van der Waals surface area contributed by atoms with Crippen LogP contribution in [0.3, 0.4) is 0 Å². The molecule has 0 aromatic heterocycles. The summed E-state index contributed by atoms with van der Waals surface area (Å²) in [5, 5.41) is 2.97. The molecule has 2 aromatic carbocycles. The number of amides is 1. The minimum atomic E-state index is -0.504. The summed E-state index contributed by atoms with van der Waals surface area (Å²) < 4.78 is 5.74. The molecule has 1 atom stereocenters. The van der Waals surface area contributed by atoms with Gasteiger partial charge in [-0.2, -0.15) is 0 Å². The highest BCUT2D eigenvalue weighted by molar-refractivity contribution is 5.81. The fraction of sp³-hybridized carbons (Fsp3) is 0.409. The van der Waals surface area contributed by atoms with Crippen LogP contribution in [-0.2, 0) is 17.8 Å². The van der Waals surface area contributed by atoms with E-state index >= 15 is 0 Å². The molecule has 0 saturated carbocycles. The Kier molecular flexibility index (Phi) is 7.67. The van der Waals surface area contributed by atoms with Crippen LogP contribution in [0.1, 0.15) is 42.0 Å². The van der Waals surface area contributed by atoms with E-state index in [9.17, 15) is 4.79 Å². The summed E-state index contributed by atoms with van der Waals surface area (Å²) in [5.74, 6) is 0.741. The van der Waals surface area contributed by atoms with Gasteiger partial charge in [-0.25, -0.2) is 0 Å². The van der Waals surface area contributed by atoms with E-state index < -0.39 is 6.04 Å². The zero-order valence-corrected chi connectivity index (χ0v) is 16.0. The molecule has 0 heterocycles. The largest absolute Gasteiger partial charge is 0.494 e. The maximum atomic E-state index is 12.3. The maximum absolute atomic E-state index is 12.3. The third-order valence-corrected chi connectivity index (χ3v) is 4.60. The van der Waals surface area contributed by atoms with E-state index in [1.54, 1.807) is 0 Å². The third kappa shape index (κ3) is 5.88. The van der Waals surface area contributed by atoms with Gasteiger partial charge in [0.05, 0.1) is 12.6 Å². The molecule has 0 aliphatic heterocycles. The molecule has 0 aliphatic carbocycles. The Morgan fingerprint density at radius 2 is 1.92 bits per heavy atom. The number of nitrogens with two attached hydrogens (primary N) is 1. The Morgan fingerprint density at radius 1 is 1.19 bits per heavy atom. The normalized spacial score (nSPS) is 11.8. The Morgan fingerprint density at radius 3 is 2.62 bits per heavy atom. The predicted molar refractivity (Wildman–Crippen MR) is 106 cm³/mol. The van der Waals surface area contributed by atoms with E-state index in [2.05, 4.69) is 38.2 Å². The van der Waals surface area contributed by atoms with Crippen LogP contribution in [0.15, 0.2) is 42.5 Å². The Labute approximate surface area is 156 Å². The van der Waals surface area contributed by atoms with Gasteiger partial charge in [0.25, 0.3) is 0 Å². The molecule has 0 aliphatic rings. The van der Waals surface area contributed by atoms with E-state index in [4.69, 9.17) is 10.5 Å². The van der Waals surface area contributed by atoms with Crippen LogP contribution < -0.4 is 15.8 Å². The van der Waals surface area contributed by atoms with Gasteiger partial charge in [-0.15, -0.1) is 0 Å². The second kappa shape index (κ2) is 9.97. The van der Waals surface area contributed by atoms with Gasteiger partial charge in [0.2, 0.25) is 5.91 Å². The van der Waals surface area contributed by atoms with Gasteiger partial charge in [0.1, 0.15) is 5.75 Å². The molecule has 0 fully saturated rings. The predicted octanol–water partition coefficient (Wildman–Crippen LogP) is 3.67. The van der Waals surface area contributed by atoms with Gasteiger partial charge in [-0.05, 0) is 67.5 Å². The van der Waals surface area contributed by atoms with Crippen molar-refractivity contribution in [2.75, 3.05) is 6.61 Å². The number of hydrogen-bond donors (Lipinski definition) is 2. The number of carbonyl (C=O) groups is 1. The second-order valence-electron chi connectivity index (χ2n) is 6.72.